The van der Waals surface area contributed by atoms with Crippen molar-refractivity contribution < 1.29 is 28.5 Å². The second-order valence-electron chi connectivity index (χ2n) is 8.50. The van der Waals surface area contributed by atoms with Crippen molar-refractivity contribution in [1.29, 1.82) is 0 Å². The number of aryl methyl sites for hydroxylation is 1. The molecule has 1 saturated heterocycles. The van der Waals surface area contributed by atoms with Crippen LogP contribution in [0.4, 0.5) is 0 Å². The molecule has 1 spiro atoms. The molecule has 3 atom stereocenters. The van der Waals surface area contributed by atoms with Crippen molar-refractivity contribution in [3.8, 4) is 11.8 Å². The smallest absolute Gasteiger partial charge is 0.384 e. The van der Waals surface area contributed by atoms with Gasteiger partial charge in [0, 0.05) is 29.9 Å². The van der Waals surface area contributed by atoms with Gasteiger partial charge in [0.15, 0.2) is 10.9 Å². The van der Waals surface area contributed by atoms with Gasteiger partial charge >= 0.3 is 5.97 Å². The van der Waals surface area contributed by atoms with Crippen LogP contribution >= 0.6 is 11.8 Å². The van der Waals surface area contributed by atoms with Crippen LogP contribution in [0.3, 0.4) is 0 Å². The first-order valence-corrected chi connectivity index (χ1v) is 12.3. The molecule has 4 rings (SSSR count). The van der Waals surface area contributed by atoms with E-state index in [1.54, 1.807) is 11.8 Å². The fraction of sp³-hybridized carbons (Fsp3) is 0.500. The molecule has 2 heterocycles. The molecule has 0 radical (unpaired) electrons. The summed E-state index contributed by atoms with van der Waals surface area (Å²) in [6.07, 6.45) is 1.83. The molecule has 2 aromatic rings. The standard InChI is InChI=1S/C26H30O6S/c1-18-16-24(33-17-19-6-4-3-5-7-19)32-25(18)21-12-13-26(30-14-15-31-26)22(21)10-8-20(27)9-11-23(28)29-2/h3-7,16,20-22,27H,8,10,12-15,17H2,1-2H3/t20?,21-,22+/m1/s1. The van der Waals surface area contributed by atoms with Crippen molar-refractivity contribution in [2.75, 3.05) is 20.3 Å². The third-order valence-electron chi connectivity index (χ3n) is 6.40. The first-order chi connectivity index (χ1) is 16.0. The van der Waals surface area contributed by atoms with Gasteiger partial charge in [0.1, 0.15) is 11.9 Å². The van der Waals surface area contributed by atoms with Gasteiger partial charge < -0.3 is 23.7 Å². The number of furan rings is 1. The van der Waals surface area contributed by atoms with E-state index < -0.39 is 17.9 Å². The highest BCUT2D eigenvalue weighted by Gasteiger charge is 2.54. The number of hydrogen-bond acceptors (Lipinski definition) is 7. The Morgan fingerprint density at radius 1 is 1.30 bits per heavy atom. The molecule has 1 saturated carbocycles. The molecule has 176 valence electrons. The van der Waals surface area contributed by atoms with Crippen LogP contribution in [0.5, 0.6) is 0 Å². The fourth-order valence-electron chi connectivity index (χ4n) is 4.85. The van der Waals surface area contributed by atoms with E-state index in [9.17, 15) is 9.90 Å². The van der Waals surface area contributed by atoms with Gasteiger partial charge in [0.2, 0.25) is 0 Å². The molecule has 1 aliphatic heterocycles. The Balaban J connectivity index is 1.47. The first-order valence-electron chi connectivity index (χ1n) is 11.3. The van der Waals surface area contributed by atoms with Crippen LogP contribution in [0.1, 0.15) is 48.5 Å². The average molecular weight is 471 g/mol. The van der Waals surface area contributed by atoms with Gasteiger partial charge in [-0.3, -0.25) is 0 Å². The number of rotatable bonds is 7. The van der Waals surface area contributed by atoms with Gasteiger partial charge in [0.05, 0.1) is 20.3 Å². The minimum Gasteiger partial charge on any atom is -0.459 e. The maximum atomic E-state index is 11.2. The summed E-state index contributed by atoms with van der Waals surface area (Å²) in [4.78, 5) is 11.2. The van der Waals surface area contributed by atoms with Gasteiger partial charge in [0.25, 0.3) is 0 Å². The Kier molecular flexibility index (Phi) is 7.82. The summed E-state index contributed by atoms with van der Waals surface area (Å²) in [6, 6.07) is 12.4. The second-order valence-corrected chi connectivity index (χ2v) is 9.48. The highest BCUT2D eigenvalue weighted by atomic mass is 32.2. The number of methoxy groups -OCH3 is 1. The summed E-state index contributed by atoms with van der Waals surface area (Å²) in [5, 5.41) is 11.2. The topological polar surface area (TPSA) is 78.1 Å². The predicted molar refractivity (Wildman–Crippen MR) is 125 cm³/mol. The first kappa shape index (κ1) is 23.9. The molecule has 1 aromatic heterocycles. The van der Waals surface area contributed by atoms with E-state index in [1.165, 1.54) is 12.7 Å². The zero-order chi connectivity index (χ0) is 23.3. The van der Waals surface area contributed by atoms with Crippen LogP contribution in [0.25, 0.3) is 0 Å². The number of ether oxygens (including phenoxy) is 3. The summed E-state index contributed by atoms with van der Waals surface area (Å²) >= 11 is 1.69. The van der Waals surface area contributed by atoms with E-state index in [-0.39, 0.29) is 11.8 Å². The molecule has 1 aliphatic carbocycles. The maximum absolute atomic E-state index is 11.2. The van der Waals surface area contributed by atoms with Crippen molar-refractivity contribution in [3.05, 3.63) is 53.3 Å². The molecule has 1 unspecified atom stereocenters. The van der Waals surface area contributed by atoms with Crippen molar-refractivity contribution in [2.24, 2.45) is 5.92 Å². The largest absolute Gasteiger partial charge is 0.459 e. The SMILES string of the molecule is COC(=O)C#CC(O)CC[C@H]1[C@H](c2oc(SCc3ccccc3)cc2C)CCC12OCCO2. The monoisotopic (exact) mass is 470 g/mol. The fourth-order valence-corrected chi connectivity index (χ4v) is 5.76. The zero-order valence-electron chi connectivity index (χ0n) is 19.0. The van der Waals surface area contributed by atoms with Gasteiger partial charge in [-0.15, -0.1) is 0 Å². The van der Waals surface area contributed by atoms with E-state index in [0.717, 1.165) is 35.0 Å². The van der Waals surface area contributed by atoms with Crippen molar-refractivity contribution in [2.45, 2.75) is 61.3 Å². The summed E-state index contributed by atoms with van der Waals surface area (Å²) in [5.41, 5.74) is 2.38. The Morgan fingerprint density at radius 3 is 2.79 bits per heavy atom. The van der Waals surface area contributed by atoms with Gasteiger partial charge in [-0.05, 0) is 43.4 Å². The Hall–Kier alpha value is -2.24. The number of thioether (sulfide) groups is 1. The second kappa shape index (κ2) is 10.8. The number of benzene rings is 1. The quantitative estimate of drug-likeness (QED) is 0.277. The highest BCUT2D eigenvalue weighted by Crippen LogP contribution is 2.53. The van der Waals surface area contributed by atoms with Gasteiger partial charge in [-0.2, -0.15) is 0 Å². The van der Waals surface area contributed by atoms with Crippen LogP contribution in [0.15, 0.2) is 45.9 Å². The molecule has 0 bridgehead atoms. The van der Waals surface area contributed by atoms with E-state index >= 15 is 0 Å². The summed E-state index contributed by atoms with van der Waals surface area (Å²) in [7, 11) is 1.27. The summed E-state index contributed by atoms with van der Waals surface area (Å²) in [6.45, 7) is 3.23. The average Bonchev–Trinajstić information content (AvgIpc) is 3.55. The van der Waals surface area contributed by atoms with E-state index in [4.69, 9.17) is 13.9 Å². The molecule has 1 aromatic carbocycles. The lowest BCUT2D eigenvalue weighted by atomic mass is 9.85. The Morgan fingerprint density at radius 2 is 2.06 bits per heavy atom. The summed E-state index contributed by atoms with van der Waals surface area (Å²) < 4.78 is 23.1. The van der Waals surface area contributed by atoms with Crippen LogP contribution in [0, 0.1) is 24.7 Å². The highest BCUT2D eigenvalue weighted by molar-refractivity contribution is 7.98. The number of carbonyl (C=O) groups excluding carboxylic acids is 1. The molecule has 1 N–H and O–H groups in total. The molecular formula is C26H30O6S. The number of aliphatic hydroxyl groups is 1. The molecule has 0 amide bonds. The van der Waals surface area contributed by atoms with Gasteiger partial charge in [-0.25, -0.2) is 4.79 Å². The van der Waals surface area contributed by atoms with E-state index in [1.807, 2.05) is 18.2 Å². The van der Waals surface area contributed by atoms with Crippen molar-refractivity contribution in [1.82, 2.24) is 0 Å². The lowest BCUT2D eigenvalue weighted by molar-refractivity contribution is -0.185. The molecule has 2 aliphatic rings. The lowest BCUT2D eigenvalue weighted by Crippen LogP contribution is -2.36. The van der Waals surface area contributed by atoms with Crippen molar-refractivity contribution in [3.63, 3.8) is 0 Å². The number of hydrogen-bond donors (Lipinski definition) is 1. The summed E-state index contributed by atoms with van der Waals surface area (Å²) in [5.74, 6) is 5.56. The third-order valence-corrected chi connectivity index (χ3v) is 7.37. The third kappa shape index (κ3) is 5.64. The number of esters is 1. The molecule has 6 nitrogen and oxygen atoms in total. The zero-order valence-corrected chi connectivity index (χ0v) is 19.9. The van der Waals surface area contributed by atoms with Crippen molar-refractivity contribution >= 4 is 17.7 Å². The van der Waals surface area contributed by atoms with Crippen LogP contribution in [-0.2, 0) is 24.8 Å². The van der Waals surface area contributed by atoms with E-state index in [0.29, 0.717) is 26.1 Å². The van der Waals surface area contributed by atoms with Crippen LogP contribution in [0.2, 0.25) is 0 Å². The lowest BCUT2D eigenvalue weighted by Gasteiger charge is -2.32. The molecule has 7 heteroatoms. The Bertz CT molecular complexity index is 999. The molecular weight excluding hydrogens is 440 g/mol. The Labute approximate surface area is 199 Å². The number of carbonyl (C=O) groups is 1. The predicted octanol–water partition coefficient (Wildman–Crippen LogP) is 4.43. The maximum Gasteiger partial charge on any atom is 0.384 e. The van der Waals surface area contributed by atoms with Crippen LogP contribution in [-0.4, -0.2) is 43.3 Å². The minimum atomic E-state index is -0.918. The minimum absolute atomic E-state index is 0.0337. The number of aliphatic hydroxyl groups excluding tert-OH is 1. The van der Waals surface area contributed by atoms with Crippen LogP contribution < -0.4 is 0 Å². The molecule has 2 fully saturated rings. The molecule has 33 heavy (non-hydrogen) atoms. The van der Waals surface area contributed by atoms with Gasteiger partial charge in [-0.1, -0.05) is 48.0 Å². The van der Waals surface area contributed by atoms with E-state index in [2.05, 4.69) is 41.7 Å². The normalized spacial score (nSPS) is 22.2.